The molecule has 2 N–H and O–H groups in total. The Morgan fingerprint density at radius 3 is 2.95 bits per heavy atom. The van der Waals surface area contributed by atoms with Crippen molar-refractivity contribution in [1.82, 2.24) is 14.5 Å². The van der Waals surface area contributed by atoms with Gasteiger partial charge < -0.3 is 14.3 Å². The van der Waals surface area contributed by atoms with E-state index in [0.29, 0.717) is 15.7 Å². The third-order valence-corrected chi connectivity index (χ3v) is 4.63. The lowest BCUT2D eigenvalue weighted by molar-refractivity contribution is 0.913. The summed E-state index contributed by atoms with van der Waals surface area (Å²) in [6.45, 7) is 1.99. The smallest absolute Gasteiger partial charge is 0.154 e. The third-order valence-electron chi connectivity index (χ3n) is 3.26. The maximum Gasteiger partial charge on any atom is 0.154 e. The number of aromatic nitrogens is 3. The van der Waals surface area contributed by atoms with Crippen LogP contribution >= 0.6 is 23.5 Å². The molecule has 2 aromatic heterocycles. The number of H-pyrrole nitrogens is 1. The molecule has 0 unspecified atom stereocenters. The average molecular weight is 318 g/mol. The van der Waals surface area contributed by atoms with Crippen LogP contribution in [0.3, 0.4) is 0 Å². The second-order valence-corrected chi connectivity index (χ2v) is 5.80. The Morgan fingerprint density at radius 1 is 1.48 bits per heavy atom. The molecule has 0 aliphatic heterocycles. The van der Waals surface area contributed by atoms with Crippen molar-refractivity contribution in [3.63, 3.8) is 0 Å². The number of rotatable bonds is 3. The number of nitriles is 1. The van der Waals surface area contributed by atoms with Crippen LogP contribution in [0.1, 0.15) is 11.1 Å². The lowest BCUT2D eigenvalue weighted by Crippen LogP contribution is -1.91. The van der Waals surface area contributed by atoms with Crippen molar-refractivity contribution in [3.8, 4) is 6.07 Å². The van der Waals surface area contributed by atoms with E-state index in [1.807, 2.05) is 26.1 Å². The molecule has 3 aromatic rings. The van der Waals surface area contributed by atoms with Crippen LogP contribution in [0.15, 0.2) is 29.7 Å². The first-order chi connectivity index (χ1) is 10.1. The number of nitrogens with zero attached hydrogens (tertiary/aromatic N) is 3. The summed E-state index contributed by atoms with van der Waals surface area (Å²) < 4.78 is 4.99. The quantitative estimate of drug-likeness (QED) is 0.720. The molecule has 0 saturated heterocycles. The summed E-state index contributed by atoms with van der Waals surface area (Å²) in [7, 11) is 1.84. The van der Waals surface area contributed by atoms with E-state index in [9.17, 15) is 0 Å². The summed E-state index contributed by atoms with van der Waals surface area (Å²) >= 11 is 7.48. The van der Waals surface area contributed by atoms with Crippen LogP contribution in [0.5, 0.6) is 0 Å². The van der Waals surface area contributed by atoms with Crippen molar-refractivity contribution >= 4 is 40.1 Å². The van der Waals surface area contributed by atoms with E-state index in [1.54, 1.807) is 17.1 Å². The van der Waals surface area contributed by atoms with Crippen LogP contribution in [0, 0.1) is 18.3 Å². The number of aromatic amines is 1. The fraction of sp³-hybridized carbons (Fsp3) is 0.143. The molecule has 1 aromatic carbocycles. The molecule has 5 nitrogen and oxygen atoms in total. The standard InChI is InChI=1S/C14H12ClN5S/c1-8-3-4-10(12-11(8)9(5-16)6-17-12)19-21-14-13(15)20(2)7-18-14/h3-4,6-7,17,19H,1-2H3. The lowest BCUT2D eigenvalue weighted by Gasteiger charge is -2.07. The maximum atomic E-state index is 9.16. The van der Waals surface area contributed by atoms with Gasteiger partial charge in [-0.15, -0.1) is 0 Å². The van der Waals surface area contributed by atoms with Gasteiger partial charge in [0.1, 0.15) is 11.2 Å². The highest BCUT2D eigenvalue weighted by molar-refractivity contribution is 8.00. The lowest BCUT2D eigenvalue weighted by atomic mass is 10.1. The predicted molar refractivity (Wildman–Crippen MR) is 85.4 cm³/mol. The molecule has 0 bridgehead atoms. The van der Waals surface area contributed by atoms with E-state index in [4.69, 9.17) is 16.9 Å². The third kappa shape index (κ3) is 2.35. The van der Waals surface area contributed by atoms with Gasteiger partial charge in [-0.05, 0) is 18.6 Å². The van der Waals surface area contributed by atoms with Gasteiger partial charge in [0.25, 0.3) is 0 Å². The summed E-state index contributed by atoms with van der Waals surface area (Å²) in [5, 5.41) is 11.4. The van der Waals surface area contributed by atoms with Crippen LogP contribution in [0.25, 0.3) is 10.9 Å². The second kappa shape index (κ2) is 5.35. The monoisotopic (exact) mass is 317 g/mol. The SMILES string of the molecule is Cc1ccc(NSc2ncn(C)c2Cl)c2[nH]cc(C#N)c12. The molecule has 0 radical (unpaired) electrons. The fourth-order valence-corrected chi connectivity index (χ4v) is 3.07. The van der Waals surface area contributed by atoms with E-state index in [0.717, 1.165) is 22.2 Å². The molecule has 0 spiro atoms. The molecule has 7 heteroatoms. The molecule has 0 saturated carbocycles. The van der Waals surface area contributed by atoms with Gasteiger partial charge in [0.05, 0.1) is 23.1 Å². The van der Waals surface area contributed by atoms with E-state index >= 15 is 0 Å². The number of imidazole rings is 1. The summed E-state index contributed by atoms with van der Waals surface area (Å²) in [5.41, 5.74) is 3.51. The molecule has 2 heterocycles. The maximum absolute atomic E-state index is 9.16. The topological polar surface area (TPSA) is 69.4 Å². The Labute approximate surface area is 131 Å². The van der Waals surface area contributed by atoms with Gasteiger partial charge in [-0.25, -0.2) is 4.98 Å². The molecule has 0 atom stereocenters. The highest BCUT2D eigenvalue weighted by atomic mass is 35.5. The van der Waals surface area contributed by atoms with E-state index in [1.165, 1.54) is 11.9 Å². The van der Waals surface area contributed by atoms with Crippen molar-refractivity contribution in [2.45, 2.75) is 11.9 Å². The average Bonchev–Trinajstić information content (AvgIpc) is 3.05. The molecule has 0 aliphatic carbocycles. The van der Waals surface area contributed by atoms with Gasteiger partial charge >= 0.3 is 0 Å². The molecule has 106 valence electrons. The van der Waals surface area contributed by atoms with Gasteiger partial charge in [0, 0.05) is 30.6 Å². The van der Waals surface area contributed by atoms with Crippen LogP contribution in [0.4, 0.5) is 5.69 Å². The van der Waals surface area contributed by atoms with Crippen molar-refractivity contribution < 1.29 is 0 Å². The molecule has 0 amide bonds. The number of hydrogen-bond donors (Lipinski definition) is 2. The first kappa shape index (κ1) is 13.9. The van der Waals surface area contributed by atoms with E-state index in [2.05, 4.69) is 20.8 Å². The van der Waals surface area contributed by atoms with Crippen molar-refractivity contribution in [2.24, 2.45) is 7.05 Å². The highest BCUT2D eigenvalue weighted by Crippen LogP contribution is 2.32. The van der Waals surface area contributed by atoms with E-state index in [-0.39, 0.29) is 0 Å². The number of anilines is 1. The first-order valence-electron chi connectivity index (χ1n) is 6.22. The second-order valence-electron chi connectivity index (χ2n) is 4.65. The minimum absolute atomic E-state index is 0.583. The Bertz CT molecular complexity index is 858. The number of fused-ring (bicyclic) bond motifs is 1. The Kier molecular flexibility index (Phi) is 3.53. The molecule has 21 heavy (non-hydrogen) atoms. The summed E-state index contributed by atoms with van der Waals surface area (Å²) in [6.07, 6.45) is 3.39. The van der Waals surface area contributed by atoms with Crippen LogP contribution in [0.2, 0.25) is 5.15 Å². The van der Waals surface area contributed by atoms with Crippen LogP contribution in [-0.2, 0) is 7.05 Å². The summed E-state index contributed by atoms with van der Waals surface area (Å²) in [5.74, 6) is 0. The fourth-order valence-electron chi connectivity index (χ4n) is 2.16. The number of benzene rings is 1. The van der Waals surface area contributed by atoms with Crippen molar-refractivity contribution in [1.29, 1.82) is 5.26 Å². The van der Waals surface area contributed by atoms with Gasteiger partial charge in [-0.1, -0.05) is 17.7 Å². The number of nitrogens with one attached hydrogen (secondary N) is 2. The zero-order valence-corrected chi connectivity index (χ0v) is 13.0. The Morgan fingerprint density at radius 2 is 2.29 bits per heavy atom. The van der Waals surface area contributed by atoms with Gasteiger partial charge in [-0.3, -0.25) is 0 Å². The predicted octanol–water partition coefficient (Wildman–Crippen LogP) is 3.85. The minimum atomic E-state index is 0.583. The van der Waals surface area contributed by atoms with Crippen LogP contribution < -0.4 is 4.72 Å². The van der Waals surface area contributed by atoms with E-state index < -0.39 is 0 Å². The Balaban J connectivity index is 1.95. The Hall–Kier alpha value is -2.10. The number of aryl methyl sites for hydroxylation is 2. The zero-order valence-electron chi connectivity index (χ0n) is 11.4. The first-order valence-corrected chi connectivity index (χ1v) is 7.41. The van der Waals surface area contributed by atoms with Crippen LogP contribution in [-0.4, -0.2) is 14.5 Å². The molecule has 0 fully saturated rings. The number of halogens is 1. The summed E-state index contributed by atoms with van der Waals surface area (Å²) in [6, 6.07) is 6.16. The van der Waals surface area contributed by atoms with Crippen molar-refractivity contribution in [2.75, 3.05) is 4.72 Å². The normalized spacial score (nSPS) is 10.8. The molecule has 3 rings (SSSR count). The molecule has 0 aliphatic rings. The van der Waals surface area contributed by atoms with Crippen molar-refractivity contribution in [3.05, 3.63) is 40.9 Å². The number of hydrogen-bond acceptors (Lipinski definition) is 4. The molecular formula is C14H12ClN5S. The minimum Gasteiger partial charge on any atom is -0.358 e. The highest BCUT2D eigenvalue weighted by Gasteiger charge is 2.12. The molecular weight excluding hydrogens is 306 g/mol. The largest absolute Gasteiger partial charge is 0.358 e. The van der Waals surface area contributed by atoms with Gasteiger partial charge in [0.15, 0.2) is 5.03 Å². The van der Waals surface area contributed by atoms with Gasteiger partial charge in [0.2, 0.25) is 0 Å². The zero-order chi connectivity index (χ0) is 15.0. The van der Waals surface area contributed by atoms with Gasteiger partial charge in [-0.2, -0.15) is 5.26 Å². The summed E-state index contributed by atoms with van der Waals surface area (Å²) in [4.78, 5) is 7.37.